The molecule has 0 spiro atoms. The van der Waals surface area contributed by atoms with Gasteiger partial charge in [0, 0.05) is 11.3 Å². The van der Waals surface area contributed by atoms with Gasteiger partial charge < -0.3 is 5.32 Å². The van der Waals surface area contributed by atoms with Gasteiger partial charge in [0.2, 0.25) is 0 Å². The summed E-state index contributed by atoms with van der Waals surface area (Å²) in [4.78, 5) is 8.67. The third-order valence-electron chi connectivity index (χ3n) is 3.08. The highest BCUT2D eigenvalue weighted by Crippen LogP contribution is 2.25. The molecule has 1 aliphatic carbocycles. The summed E-state index contributed by atoms with van der Waals surface area (Å²) < 4.78 is 0. The highest BCUT2D eigenvalue weighted by molar-refractivity contribution is 5.75. The molecule has 0 saturated heterocycles. The number of rotatable bonds is 2. The average Bonchev–Trinajstić information content (AvgIpc) is 2.63. The zero-order chi connectivity index (χ0) is 13.1. The van der Waals surface area contributed by atoms with Crippen molar-refractivity contribution in [3.05, 3.63) is 60.1 Å². The molecule has 1 atom stereocenters. The van der Waals surface area contributed by atoms with Gasteiger partial charge in [0.15, 0.2) is 0 Å². The van der Waals surface area contributed by atoms with Crippen molar-refractivity contribution in [3.63, 3.8) is 0 Å². The molecule has 1 unspecified atom stereocenters. The van der Waals surface area contributed by atoms with E-state index in [-0.39, 0.29) is 0 Å². The quantitative estimate of drug-likeness (QED) is 0.877. The zero-order valence-corrected chi connectivity index (χ0v) is 10.7. The van der Waals surface area contributed by atoms with E-state index in [9.17, 15) is 0 Å². The van der Waals surface area contributed by atoms with Crippen LogP contribution in [-0.4, -0.2) is 9.97 Å². The topological polar surface area (TPSA) is 37.8 Å². The van der Waals surface area contributed by atoms with E-state index in [0.717, 1.165) is 22.8 Å². The molecule has 0 radical (unpaired) electrons. The predicted octanol–water partition coefficient (Wildman–Crippen LogP) is 3.90. The molecule has 3 heteroatoms. The molecule has 1 aromatic heterocycles. The van der Waals surface area contributed by atoms with Crippen LogP contribution in [0.4, 0.5) is 11.5 Å². The Morgan fingerprint density at radius 3 is 2.63 bits per heavy atom. The fourth-order valence-corrected chi connectivity index (χ4v) is 2.02. The lowest BCUT2D eigenvalue weighted by Gasteiger charge is -2.09. The molecule has 1 aromatic carbocycles. The molecule has 1 N–H and O–H groups in total. The summed E-state index contributed by atoms with van der Waals surface area (Å²) in [7, 11) is 0. The summed E-state index contributed by atoms with van der Waals surface area (Å²) in [5.41, 5.74) is 3.01. The molecule has 3 rings (SSSR count). The Labute approximate surface area is 112 Å². The first kappa shape index (κ1) is 11.7. The molecule has 0 fully saturated rings. The van der Waals surface area contributed by atoms with E-state index >= 15 is 0 Å². The van der Waals surface area contributed by atoms with Gasteiger partial charge in [0.1, 0.15) is 12.1 Å². The van der Waals surface area contributed by atoms with Crippen LogP contribution in [0.25, 0.3) is 12.2 Å². The average molecular weight is 249 g/mol. The Bertz CT molecular complexity index is 630. The van der Waals surface area contributed by atoms with Crippen molar-refractivity contribution in [3.8, 4) is 0 Å². The van der Waals surface area contributed by atoms with Crippen LogP contribution in [0.5, 0.6) is 0 Å². The molecule has 19 heavy (non-hydrogen) atoms. The molecular formula is C16H15N3. The number of nitrogens with one attached hydrogen (secondary N) is 1. The standard InChI is InChI=1S/C16H15N3/c1-12-7-9-14-15(10-8-12)17-11-18-16(14)19-13-5-3-2-4-6-13/h2-12H,1H3,(H,17,18,19). The normalized spacial score (nSPS) is 16.8. The second kappa shape index (κ2) is 5.06. The number of hydrogen-bond acceptors (Lipinski definition) is 3. The molecule has 0 amide bonds. The highest BCUT2D eigenvalue weighted by atomic mass is 15.0. The van der Waals surface area contributed by atoms with Crippen LogP contribution < -0.4 is 5.32 Å². The van der Waals surface area contributed by atoms with Crippen LogP contribution in [0.15, 0.2) is 48.8 Å². The smallest absolute Gasteiger partial charge is 0.141 e. The van der Waals surface area contributed by atoms with Crippen molar-refractivity contribution < 1.29 is 0 Å². The lowest BCUT2D eigenvalue weighted by Crippen LogP contribution is -1.99. The van der Waals surface area contributed by atoms with Gasteiger partial charge >= 0.3 is 0 Å². The minimum atomic E-state index is 0.416. The van der Waals surface area contributed by atoms with Gasteiger partial charge in [0.25, 0.3) is 0 Å². The Morgan fingerprint density at radius 1 is 1.00 bits per heavy atom. The van der Waals surface area contributed by atoms with Crippen molar-refractivity contribution in [2.24, 2.45) is 5.92 Å². The first-order chi connectivity index (χ1) is 9.33. The molecule has 1 aliphatic rings. The minimum Gasteiger partial charge on any atom is -0.340 e. The molecule has 3 nitrogen and oxygen atoms in total. The SMILES string of the molecule is CC1C=Cc2ncnc(Nc3ccccc3)c2C=C1. The van der Waals surface area contributed by atoms with Crippen LogP contribution in [0.3, 0.4) is 0 Å². The maximum Gasteiger partial charge on any atom is 0.141 e. The summed E-state index contributed by atoms with van der Waals surface area (Å²) >= 11 is 0. The van der Waals surface area contributed by atoms with E-state index in [1.54, 1.807) is 6.33 Å². The largest absolute Gasteiger partial charge is 0.340 e. The van der Waals surface area contributed by atoms with Gasteiger partial charge in [-0.25, -0.2) is 9.97 Å². The van der Waals surface area contributed by atoms with Crippen molar-refractivity contribution in [1.82, 2.24) is 9.97 Å². The summed E-state index contributed by atoms with van der Waals surface area (Å²) in [6.07, 6.45) is 10.0. The first-order valence-electron chi connectivity index (χ1n) is 6.36. The number of para-hydroxylation sites is 1. The maximum absolute atomic E-state index is 4.35. The lowest BCUT2D eigenvalue weighted by atomic mass is 10.1. The molecule has 0 aliphatic heterocycles. The van der Waals surface area contributed by atoms with Gasteiger partial charge in [-0.2, -0.15) is 0 Å². The van der Waals surface area contributed by atoms with Crippen LogP contribution in [0, 0.1) is 5.92 Å². The summed E-state index contributed by atoms with van der Waals surface area (Å²) in [5, 5.41) is 3.34. The van der Waals surface area contributed by atoms with Gasteiger partial charge in [-0.05, 0) is 24.1 Å². The highest BCUT2D eigenvalue weighted by Gasteiger charge is 2.09. The van der Waals surface area contributed by atoms with Crippen LogP contribution in [0.2, 0.25) is 0 Å². The lowest BCUT2D eigenvalue weighted by molar-refractivity contribution is 0.953. The monoisotopic (exact) mass is 249 g/mol. The molecule has 2 aromatic rings. The van der Waals surface area contributed by atoms with E-state index in [1.165, 1.54) is 0 Å². The third-order valence-corrected chi connectivity index (χ3v) is 3.08. The number of allylic oxidation sites excluding steroid dienone is 2. The molecule has 94 valence electrons. The number of hydrogen-bond donors (Lipinski definition) is 1. The fourth-order valence-electron chi connectivity index (χ4n) is 2.02. The Hall–Kier alpha value is -2.42. The number of fused-ring (bicyclic) bond motifs is 1. The number of anilines is 2. The molecular weight excluding hydrogens is 234 g/mol. The van der Waals surface area contributed by atoms with Gasteiger partial charge in [-0.3, -0.25) is 0 Å². The van der Waals surface area contributed by atoms with Crippen molar-refractivity contribution in [2.45, 2.75) is 6.92 Å². The second-order valence-corrected chi connectivity index (χ2v) is 4.59. The Balaban J connectivity index is 2.00. The van der Waals surface area contributed by atoms with Crippen molar-refractivity contribution >= 4 is 23.7 Å². The van der Waals surface area contributed by atoms with Gasteiger partial charge in [-0.1, -0.05) is 43.4 Å². The number of benzene rings is 1. The summed E-state index contributed by atoms with van der Waals surface area (Å²) in [6, 6.07) is 10.0. The summed E-state index contributed by atoms with van der Waals surface area (Å²) in [6.45, 7) is 2.15. The van der Waals surface area contributed by atoms with Crippen LogP contribution >= 0.6 is 0 Å². The molecule has 0 saturated carbocycles. The predicted molar refractivity (Wildman–Crippen MR) is 79.0 cm³/mol. The maximum atomic E-state index is 4.35. The van der Waals surface area contributed by atoms with E-state index in [2.05, 4.69) is 46.5 Å². The van der Waals surface area contributed by atoms with Crippen LogP contribution in [-0.2, 0) is 0 Å². The van der Waals surface area contributed by atoms with E-state index in [0.29, 0.717) is 5.92 Å². The van der Waals surface area contributed by atoms with E-state index in [1.807, 2.05) is 30.3 Å². The van der Waals surface area contributed by atoms with Crippen molar-refractivity contribution in [2.75, 3.05) is 5.32 Å². The Morgan fingerprint density at radius 2 is 1.79 bits per heavy atom. The fraction of sp³-hybridized carbons (Fsp3) is 0.125. The third kappa shape index (κ3) is 2.55. The number of nitrogens with zero attached hydrogens (tertiary/aromatic N) is 2. The van der Waals surface area contributed by atoms with Crippen molar-refractivity contribution in [1.29, 1.82) is 0 Å². The first-order valence-corrected chi connectivity index (χ1v) is 6.36. The second-order valence-electron chi connectivity index (χ2n) is 4.59. The van der Waals surface area contributed by atoms with Crippen LogP contribution in [0.1, 0.15) is 18.2 Å². The molecule has 1 heterocycles. The van der Waals surface area contributed by atoms with E-state index in [4.69, 9.17) is 0 Å². The Kier molecular flexibility index (Phi) is 3.11. The van der Waals surface area contributed by atoms with Gasteiger partial charge in [0.05, 0.1) is 5.69 Å². The summed E-state index contributed by atoms with van der Waals surface area (Å²) in [5.74, 6) is 1.25. The number of aromatic nitrogens is 2. The van der Waals surface area contributed by atoms with E-state index < -0.39 is 0 Å². The van der Waals surface area contributed by atoms with Gasteiger partial charge in [-0.15, -0.1) is 0 Å². The zero-order valence-electron chi connectivity index (χ0n) is 10.7. The minimum absolute atomic E-state index is 0.416. The molecule has 0 bridgehead atoms.